The molecule has 0 aliphatic heterocycles. The Morgan fingerprint density at radius 2 is 1.79 bits per heavy atom. The highest BCUT2D eigenvalue weighted by atomic mass is 19.1. The molecule has 0 saturated carbocycles. The lowest BCUT2D eigenvalue weighted by Crippen LogP contribution is -2.15. The molecule has 0 fully saturated rings. The largest absolute Gasteiger partial charge is 0.507 e. The number of halogens is 2. The summed E-state index contributed by atoms with van der Waals surface area (Å²) >= 11 is 0. The fraction of sp³-hybridized carbons (Fsp3) is 0.120. The lowest BCUT2D eigenvalue weighted by molar-refractivity contribution is 0.327. The number of aryl methyl sites for hydroxylation is 1. The lowest BCUT2D eigenvalue weighted by atomic mass is 9.99. The van der Waals surface area contributed by atoms with Crippen molar-refractivity contribution in [1.82, 2.24) is 19.3 Å². The molecule has 0 aliphatic rings. The summed E-state index contributed by atoms with van der Waals surface area (Å²) in [4.78, 5) is 12.6. The van der Waals surface area contributed by atoms with Gasteiger partial charge in [-0.2, -0.15) is 5.10 Å². The van der Waals surface area contributed by atoms with E-state index >= 15 is 4.39 Å². The normalized spacial score (nSPS) is 12.3. The van der Waals surface area contributed by atoms with E-state index in [1.165, 1.54) is 34.9 Å². The van der Waals surface area contributed by atoms with Gasteiger partial charge in [-0.15, -0.1) is 0 Å². The van der Waals surface area contributed by atoms with E-state index in [0.717, 1.165) is 17.0 Å². The van der Waals surface area contributed by atoms with Gasteiger partial charge < -0.3 is 14.8 Å². The number of aromatic amines is 1. The van der Waals surface area contributed by atoms with Crippen molar-refractivity contribution in [2.75, 3.05) is 0 Å². The Morgan fingerprint density at radius 3 is 2.56 bits per heavy atom. The van der Waals surface area contributed by atoms with Crippen LogP contribution in [0.2, 0.25) is 0 Å². The summed E-state index contributed by atoms with van der Waals surface area (Å²) in [7, 11) is 1.91. The summed E-state index contributed by atoms with van der Waals surface area (Å²) in [5.41, 5.74) is 1.46. The van der Waals surface area contributed by atoms with Crippen molar-refractivity contribution in [1.29, 1.82) is 0 Å². The topological polar surface area (TPSA) is 96.1 Å². The van der Waals surface area contributed by atoms with E-state index in [1.807, 2.05) is 29.9 Å². The van der Waals surface area contributed by atoms with Gasteiger partial charge in [-0.3, -0.25) is 0 Å². The Kier molecular flexibility index (Phi) is 5.16. The van der Waals surface area contributed by atoms with Gasteiger partial charge in [0.2, 0.25) is 0 Å². The quantitative estimate of drug-likeness (QED) is 0.358. The monoisotopic (exact) mass is 462 g/mol. The number of phenols is 2. The van der Waals surface area contributed by atoms with Crippen LogP contribution >= 0.6 is 0 Å². The number of alkyl halides is 1. The number of nitrogens with zero attached hydrogens (tertiary/aromatic N) is 3. The number of fused-ring (bicyclic) bond motifs is 1. The summed E-state index contributed by atoms with van der Waals surface area (Å²) in [6.45, 7) is 0. The maximum atomic E-state index is 15.2. The summed E-state index contributed by atoms with van der Waals surface area (Å²) in [5, 5.41) is 28.2. The molecule has 0 aliphatic carbocycles. The van der Waals surface area contributed by atoms with Crippen LogP contribution in [0.15, 0.2) is 71.7 Å². The minimum absolute atomic E-state index is 0.0630. The number of nitrogens with one attached hydrogen (secondary N) is 1. The third-order valence-corrected chi connectivity index (χ3v) is 5.85. The molecule has 0 amide bonds. The minimum Gasteiger partial charge on any atom is -0.507 e. The second-order valence-corrected chi connectivity index (χ2v) is 8.08. The second-order valence-electron chi connectivity index (χ2n) is 8.08. The Morgan fingerprint density at radius 1 is 1.03 bits per heavy atom. The van der Waals surface area contributed by atoms with E-state index in [9.17, 15) is 19.4 Å². The van der Waals surface area contributed by atoms with Gasteiger partial charge >= 0.3 is 5.69 Å². The van der Waals surface area contributed by atoms with Crippen LogP contribution in [0.5, 0.6) is 11.5 Å². The maximum absolute atomic E-state index is 15.2. The zero-order chi connectivity index (χ0) is 24.0. The van der Waals surface area contributed by atoms with Crippen molar-refractivity contribution in [2.24, 2.45) is 7.05 Å². The summed E-state index contributed by atoms with van der Waals surface area (Å²) in [6.07, 6.45) is 0.133. The fourth-order valence-corrected chi connectivity index (χ4v) is 4.09. The van der Waals surface area contributed by atoms with Gasteiger partial charge in [0.15, 0.2) is 5.82 Å². The average molecular weight is 462 g/mol. The van der Waals surface area contributed by atoms with Crippen LogP contribution in [0.25, 0.3) is 28.0 Å². The number of hydrogen-bond donors (Lipinski definition) is 3. The van der Waals surface area contributed by atoms with E-state index < -0.39 is 23.4 Å². The van der Waals surface area contributed by atoms with Gasteiger partial charge in [-0.1, -0.05) is 12.1 Å². The fourth-order valence-electron chi connectivity index (χ4n) is 4.09. The van der Waals surface area contributed by atoms with Crippen LogP contribution in [-0.4, -0.2) is 29.5 Å². The van der Waals surface area contributed by atoms with E-state index in [-0.39, 0.29) is 29.1 Å². The van der Waals surface area contributed by atoms with E-state index in [2.05, 4.69) is 10.2 Å². The molecule has 2 heterocycles. The molecular formula is C25H20F2N4O3. The first-order valence-electron chi connectivity index (χ1n) is 10.5. The molecular weight excluding hydrogens is 442 g/mol. The smallest absolute Gasteiger partial charge is 0.348 e. The van der Waals surface area contributed by atoms with Crippen molar-refractivity contribution >= 4 is 10.9 Å². The first-order chi connectivity index (χ1) is 16.3. The molecule has 34 heavy (non-hydrogen) atoms. The molecule has 1 unspecified atom stereocenters. The highest BCUT2D eigenvalue weighted by Gasteiger charge is 2.22. The van der Waals surface area contributed by atoms with E-state index in [1.54, 1.807) is 12.1 Å². The molecule has 5 rings (SSSR count). The molecule has 0 spiro atoms. The molecule has 7 nitrogen and oxygen atoms in total. The molecule has 172 valence electrons. The standard InChI is InChI=1S/C25H20F2N4O3/c1-30-9-8-15-11-17(6-7-21(15)30)31-24(28-29-25(31)34)19-12-18(22(32)13-23(19)33)20(27)10-14-2-4-16(26)5-3-14/h2-9,11-13,20,32-33H,10H2,1H3,(H,29,34). The van der Waals surface area contributed by atoms with Crippen molar-refractivity contribution in [3.05, 3.63) is 94.3 Å². The molecule has 3 aromatic carbocycles. The zero-order valence-corrected chi connectivity index (χ0v) is 18.0. The molecule has 3 N–H and O–H groups in total. The van der Waals surface area contributed by atoms with E-state index in [0.29, 0.717) is 11.3 Å². The molecule has 5 aromatic rings. The highest BCUT2D eigenvalue weighted by molar-refractivity contribution is 5.82. The Bertz CT molecular complexity index is 1570. The third kappa shape index (κ3) is 3.71. The molecule has 0 radical (unpaired) electrons. The molecule has 9 heteroatoms. The lowest BCUT2D eigenvalue weighted by Gasteiger charge is -2.14. The molecule has 1 atom stereocenters. The number of rotatable bonds is 5. The van der Waals surface area contributed by atoms with Gasteiger partial charge in [-0.25, -0.2) is 23.2 Å². The minimum atomic E-state index is -1.65. The zero-order valence-electron chi connectivity index (χ0n) is 18.0. The average Bonchev–Trinajstić information content (AvgIpc) is 3.37. The summed E-state index contributed by atoms with van der Waals surface area (Å²) in [6, 6.07) is 15.0. The van der Waals surface area contributed by atoms with Crippen LogP contribution in [0.3, 0.4) is 0 Å². The predicted molar refractivity (Wildman–Crippen MR) is 123 cm³/mol. The first kappa shape index (κ1) is 21.4. The number of phenolic OH excluding ortho intramolecular Hbond substituents is 2. The number of benzene rings is 3. The highest BCUT2D eigenvalue weighted by Crippen LogP contribution is 2.39. The SMILES string of the molecule is Cn1ccc2cc(-n3c(-c4cc(C(F)Cc5ccc(F)cc5)c(O)cc4O)n[nH]c3=O)ccc21. The van der Waals surface area contributed by atoms with E-state index in [4.69, 9.17) is 0 Å². The van der Waals surface area contributed by atoms with Gasteiger partial charge in [0, 0.05) is 42.2 Å². The van der Waals surface area contributed by atoms with Crippen LogP contribution < -0.4 is 5.69 Å². The number of hydrogen-bond acceptors (Lipinski definition) is 4. The summed E-state index contributed by atoms with van der Waals surface area (Å²) < 4.78 is 31.6. The van der Waals surface area contributed by atoms with Crippen LogP contribution in [-0.2, 0) is 13.5 Å². The third-order valence-electron chi connectivity index (χ3n) is 5.85. The van der Waals surface area contributed by atoms with Gasteiger partial charge in [0.05, 0.1) is 11.3 Å². The van der Waals surface area contributed by atoms with Crippen molar-refractivity contribution < 1.29 is 19.0 Å². The van der Waals surface area contributed by atoms with Gasteiger partial charge in [0.1, 0.15) is 23.5 Å². The van der Waals surface area contributed by atoms with Gasteiger partial charge in [0.25, 0.3) is 0 Å². The molecule has 0 saturated heterocycles. The van der Waals surface area contributed by atoms with Gasteiger partial charge in [-0.05, 0) is 48.0 Å². The van der Waals surface area contributed by atoms with Crippen LogP contribution in [0.1, 0.15) is 17.3 Å². The predicted octanol–water partition coefficient (Wildman–Crippen LogP) is 4.52. The summed E-state index contributed by atoms with van der Waals surface area (Å²) in [5.74, 6) is -1.17. The number of H-pyrrole nitrogens is 1. The Hall–Kier alpha value is -4.40. The Labute approximate surface area is 192 Å². The molecule has 0 bridgehead atoms. The van der Waals surface area contributed by atoms with Crippen molar-refractivity contribution in [2.45, 2.75) is 12.6 Å². The van der Waals surface area contributed by atoms with Crippen molar-refractivity contribution in [3.63, 3.8) is 0 Å². The maximum Gasteiger partial charge on any atom is 0.348 e. The molecule has 2 aromatic heterocycles. The van der Waals surface area contributed by atoms with Crippen LogP contribution in [0.4, 0.5) is 8.78 Å². The number of aromatic hydroxyl groups is 2. The Balaban J connectivity index is 1.58. The number of aromatic nitrogens is 4. The second kappa shape index (κ2) is 8.18. The van der Waals surface area contributed by atoms with Crippen LogP contribution in [0, 0.1) is 5.82 Å². The van der Waals surface area contributed by atoms with Crippen molar-refractivity contribution in [3.8, 4) is 28.6 Å². The first-order valence-corrected chi connectivity index (χ1v) is 10.5.